The molecule has 0 aromatic carbocycles. The number of nitrogens with zero attached hydrogens (tertiary/aromatic N) is 3. The van der Waals surface area contributed by atoms with Crippen LogP contribution in [-0.2, 0) is 0 Å². The second-order valence-electron chi connectivity index (χ2n) is 4.47. The van der Waals surface area contributed by atoms with Crippen LogP contribution in [0.25, 0.3) is 4.96 Å². The van der Waals surface area contributed by atoms with Crippen LogP contribution < -0.4 is 5.32 Å². The Balaban J connectivity index is 1.77. The van der Waals surface area contributed by atoms with Crippen LogP contribution in [0.15, 0.2) is 11.6 Å². The van der Waals surface area contributed by atoms with Crippen LogP contribution in [0.5, 0.6) is 0 Å². The topological polar surface area (TPSA) is 72.5 Å². The van der Waals surface area contributed by atoms with E-state index in [0.717, 1.165) is 6.54 Å². The SMILES string of the molecule is O=[N+]([O-])c1c(NCC2CCCCS2)nc2sccn12. The summed E-state index contributed by atoms with van der Waals surface area (Å²) in [5, 5.41) is 16.6. The Kier molecular flexibility index (Phi) is 3.61. The quantitative estimate of drug-likeness (QED) is 0.694. The van der Waals surface area contributed by atoms with Crippen molar-refractivity contribution in [2.24, 2.45) is 0 Å². The van der Waals surface area contributed by atoms with Crippen molar-refractivity contribution in [2.75, 3.05) is 17.6 Å². The third kappa shape index (κ3) is 2.55. The summed E-state index contributed by atoms with van der Waals surface area (Å²) in [6.07, 6.45) is 5.39. The lowest BCUT2D eigenvalue weighted by molar-refractivity contribution is -0.389. The number of rotatable bonds is 4. The maximum atomic E-state index is 11.2. The van der Waals surface area contributed by atoms with Gasteiger partial charge in [0.05, 0.1) is 0 Å². The molecule has 1 N–H and O–H groups in total. The average Bonchev–Trinajstić information content (AvgIpc) is 2.96. The number of hydrogen-bond donors (Lipinski definition) is 1. The van der Waals surface area contributed by atoms with Crippen molar-refractivity contribution in [1.29, 1.82) is 0 Å². The molecule has 0 saturated carbocycles. The van der Waals surface area contributed by atoms with E-state index in [2.05, 4.69) is 10.3 Å². The highest BCUT2D eigenvalue weighted by Gasteiger charge is 2.24. The summed E-state index contributed by atoms with van der Waals surface area (Å²) < 4.78 is 1.53. The van der Waals surface area contributed by atoms with Gasteiger partial charge >= 0.3 is 5.82 Å². The molecular formula is C11H14N4O2S2. The monoisotopic (exact) mass is 298 g/mol. The van der Waals surface area contributed by atoms with Gasteiger partial charge in [-0.05, 0) is 23.5 Å². The molecule has 0 amide bonds. The third-order valence-electron chi connectivity index (χ3n) is 3.18. The summed E-state index contributed by atoms with van der Waals surface area (Å²) in [6.45, 7) is 0.746. The van der Waals surface area contributed by atoms with Crippen molar-refractivity contribution in [3.8, 4) is 0 Å². The zero-order valence-corrected chi connectivity index (χ0v) is 11.9. The second kappa shape index (κ2) is 5.38. The van der Waals surface area contributed by atoms with Gasteiger partial charge in [0.2, 0.25) is 5.82 Å². The Bertz CT molecular complexity index is 589. The predicted molar refractivity (Wildman–Crippen MR) is 78.3 cm³/mol. The smallest absolute Gasteiger partial charge is 0.362 e. The fourth-order valence-electron chi connectivity index (χ4n) is 2.25. The molecule has 1 aliphatic heterocycles. The Labute approximate surface area is 118 Å². The number of imidazole rings is 1. The van der Waals surface area contributed by atoms with E-state index in [-0.39, 0.29) is 10.7 Å². The zero-order chi connectivity index (χ0) is 13.2. The van der Waals surface area contributed by atoms with E-state index in [1.54, 1.807) is 11.6 Å². The normalized spacial score (nSPS) is 19.7. The molecule has 1 saturated heterocycles. The number of thioether (sulfide) groups is 1. The highest BCUT2D eigenvalue weighted by molar-refractivity contribution is 7.99. The van der Waals surface area contributed by atoms with Crippen molar-refractivity contribution in [1.82, 2.24) is 9.38 Å². The van der Waals surface area contributed by atoms with Gasteiger partial charge in [-0.25, -0.2) is 0 Å². The second-order valence-corrected chi connectivity index (χ2v) is 6.75. The minimum Gasteiger partial charge on any atom is -0.362 e. The number of aromatic nitrogens is 2. The van der Waals surface area contributed by atoms with Crippen LogP contribution in [0.1, 0.15) is 19.3 Å². The lowest BCUT2D eigenvalue weighted by atomic mass is 10.2. The first kappa shape index (κ1) is 12.7. The molecule has 102 valence electrons. The van der Waals surface area contributed by atoms with E-state index < -0.39 is 0 Å². The van der Waals surface area contributed by atoms with E-state index in [4.69, 9.17) is 0 Å². The van der Waals surface area contributed by atoms with Crippen molar-refractivity contribution < 1.29 is 4.92 Å². The molecule has 0 bridgehead atoms. The maximum absolute atomic E-state index is 11.2. The molecule has 1 atom stereocenters. The molecule has 19 heavy (non-hydrogen) atoms. The summed E-state index contributed by atoms with van der Waals surface area (Å²) >= 11 is 3.34. The average molecular weight is 298 g/mol. The lowest BCUT2D eigenvalue weighted by Crippen LogP contribution is -2.20. The Morgan fingerprint density at radius 1 is 1.58 bits per heavy atom. The Morgan fingerprint density at radius 3 is 3.21 bits per heavy atom. The van der Waals surface area contributed by atoms with Crippen LogP contribution in [0.4, 0.5) is 11.6 Å². The van der Waals surface area contributed by atoms with Gasteiger partial charge in [0.25, 0.3) is 4.96 Å². The van der Waals surface area contributed by atoms with Crippen LogP contribution in [-0.4, -0.2) is 31.9 Å². The van der Waals surface area contributed by atoms with Gasteiger partial charge in [0.15, 0.2) is 0 Å². The first-order valence-electron chi connectivity index (χ1n) is 6.21. The summed E-state index contributed by atoms with van der Waals surface area (Å²) in [7, 11) is 0. The number of nitro groups is 1. The molecule has 1 unspecified atom stereocenters. The number of nitrogens with one attached hydrogen (secondary N) is 1. The molecule has 3 rings (SSSR count). The number of fused-ring (bicyclic) bond motifs is 1. The summed E-state index contributed by atoms with van der Waals surface area (Å²) in [6, 6.07) is 0. The molecule has 1 fully saturated rings. The third-order valence-corrected chi connectivity index (χ3v) is 5.34. The fourth-order valence-corrected chi connectivity index (χ4v) is 4.19. The van der Waals surface area contributed by atoms with Crippen molar-refractivity contribution in [3.05, 3.63) is 21.7 Å². The van der Waals surface area contributed by atoms with Gasteiger partial charge in [-0.2, -0.15) is 21.1 Å². The van der Waals surface area contributed by atoms with E-state index in [1.165, 1.54) is 40.8 Å². The van der Waals surface area contributed by atoms with E-state index in [1.807, 2.05) is 11.8 Å². The predicted octanol–water partition coefficient (Wildman–Crippen LogP) is 3.00. The lowest BCUT2D eigenvalue weighted by Gasteiger charge is -2.21. The van der Waals surface area contributed by atoms with Crippen molar-refractivity contribution >= 4 is 39.7 Å². The molecule has 0 radical (unpaired) electrons. The van der Waals surface area contributed by atoms with E-state index in [9.17, 15) is 10.1 Å². The van der Waals surface area contributed by atoms with Gasteiger partial charge in [0, 0.05) is 17.2 Å². The van der Waals surface area contributed by atoms with E-state index >= 15 is 0 Å². The van der Waals surface area contributed by atoms with Crippen LogP contribution in [0.2, 0.25) is 0 Å². The first-order chi connectivity index (χ1) is 9.25. The summed E-state index contributed by atoms with van der Waals surface area (Å²) in [5.74, 6) is 1.62. The van der Waals surface area contributed by atoms with E-state index in [0.29, 0.717) is 16.0 Å². The number of thiazole rings is 1. The van der Waals surface area contributed by atoms with Gasteiger partial charge < -0.3 is 15.4 Å². The van der Waals surface area contributed by atoms with Crippen molar-refractivity contribution in [2.45, 2.75) is 24.5 Å². The maximum Gasteiger partial charge on any atom is 0.372 e. The molecule has 2 aromatic rings. The zero-order valence-electron chi connectivity index (χ0n) is 10.2. The molecule has 0 spiro atoms. The molecule has 6 nitrogen and oxygen atoms in total. The largest absolute Gasteiger partial charge is 0.372 e. The highest BCUT2D eigenvalue weighted by Crippen LogP contribution is 2.30. The minimum absolute atomic E-state index is 0.0389. The van der Waals surface area contributed by atoms with Crippen LogP contribution in [0.3, 0.4) is 0 Å². The van der Waals surface area contributed by atoms with Crippen LogP contribution in [0, 0.1) is 10.1 Å². The van der Waals surface area contributed by atoms with Gasteiger partial charge in [0.1, 0.15) is 6.20 Å². The molecule has 1 aliphatic rings. The molecular weight excluding hydrogens is 284 g/mol. The Morgan fingerprint density at radius 2 is 2.47 bits per heavy atom. The fraction of sp³-hybridized carbons (Fsp3) is 0.545. The number of anilines is 1. The summed E-state index contributed by atoms with van der Waals surface area (Å²) in [4.78, 5) is 15.7. The molecule has 0 aliphatic carbocycles. The Hall–Kier alpha value is -1.28. The van der Waals surface area contributed by atoms with Gasteiger partial charge in [-0.15, -0.1) is 0 Å². The molecule has 3 heterocycles. The van der Waals surface area contributed by atoms with Crippen LogP contribution >= 0.6 is 23.1 Å². The van der Waals surface area contributed by atoms with Crippen molar-refractivity contribution in [3.63, 3.8) is 0 Å². The first-order valence-corrected chi connectivity index (χ1v) is 8.14. The standard InChI is InChI=1S/C11H14N4O2S2/c16-15(17)10-9(13-11-14(10)4-6-19-11)12-7-8-3-1-2-5-18-8/h4,6,8,12H,1-3,5,7H2. The minimum atomic E-state index is -0.372. The van der Waals surface area contributed by atoms with Gasteiger partial charge in [-0.1, -0.05) is 17.8 Å². The number of hydrogen-bond acceptors (Lipinski definition) is 6. The summed E-state index contributed by atoms with van der Waals surface area (Å²) in [5.41, 5.74) is 0. The molecule has 8 heteroatoms. The highest BCUT2D eigenvalue weighted by atomic mass is 32.2. The molecule has 2 aromatic heterocycles. The van der Waals surface area contributed by atoms with Gasteiger partial charge in [-0.3, -0.25) is 0 Å².